The minimum absolute atomic E-state index is 0.928. The van der Waals surface area contributed by atoms with Gasteiger partial charge in [-0.25, -0.2) is 0 Å². The van der Waals surface area contributed by atoms with Gasteiger partial charge in [0.25, 0.3) is 0 Å². The van der Waals surface area contributed by atoms with E-state index in [1.54, 1.807) is 7.11 Å². The van der Waals surface area contributed by atoms with Gasteiger partial charge in [0, 0.05) is 12.6 Å². The molecule has 1 aromatic carbocycles. The van der Waals surface area contributed by atoms with Crippen LogP contribution in [0.25, 0.3) is 0 Å². The molecule has 94 valence electrons. The van der Waals surface area contributed by atoms with Crippen LogP contribution in [0.3, 0.4) is 0 Å². The van der Waals surface area contributed by atoms with Crippen molar-refractivity contribution in [3.05, 3.63) is 59.9 Å². The van der Waals surface area contributed by atoms with E-state index in [1.165, 1.54) is 5.56 Å². The summed E-state index contributed by atoms with van der Waals surface area (Å²) in [6.07, 6.45) is 2.88. The van der Waals surface area contributed by atoms with Crippen LogP contribution in [0.15, 0.2) is 48.7 Å². The Bertz CT molecular complexity index is 471. The van der Waals surface area contributed by atoms with Crippen molar-refractivity contribution in [3.8, 4) is 5.75 Å². The van der Waals surface area contributed by atoms with Crippen molar-refractivity contribution in [2.45, 2.75) is 13.0 Å². The highest BCUT2D eigenvalue weighted by Crippen LogP contribution is 2.12. The molecule has 0 amide bonds. The fourth-order valence-electron chi connectivity index (χ4n) is 1.87. The highest BCUT2D eigenvalue weighted by molar-refractivity contribution is 5.28. The number of nitrogens with two attached hydrogens (primary N) is 1. The van der Waals surface area contributed by atoms with E-state index in [9.17, 15) is 0 Å². The topological polar surface area (TPSA) is 38.7 Å². The molecule has 2 N–H and O–H groups in total. The average molecular weight is 243 g/mol. The number of quaternary nitrogens is 1. The fraction of sp³-hybridized carbons (Fsp3) is 0.267. The molecule has 0 saturated carbocycles. The van der Waals surface area contributed by atoms with Crippen LogP contribution in [0, 0.1) is 0 Å². The third kappa shape index (κ3) is 3.86. The first-order valence-electron chi connectivity index (χ1n) is 6.23. The van der Waals surface area contributed by atoms with Gasteiger partial charge in [0.2, 0.25) is 0 Å². The standard InChI is InChI=1S/C15H18N2O/c1-18-15-7-4-5-13(11-15)8-10-16-12-14-6-2-3-9-17-14/h2-7,9,11,16H,8,10,12H2,1H3/p+1. The first-order valence-corrected chi connectivity index (χ1v) is 6.23. The summed E-state index contributed by atoms with van der Waals surface area (Å²) < 4.78 is 5.21. The molecule has 1 aromatic heterocycles. The van der Waals surface area contributed by atoms with Crippen LogP contribution >= 0.6 is 0 Å². The second-order valence-corrected chi connectivity index (χ2v) is 4.20. The summed E-state index contributed by atoms with van der Waals surface area (Å²) in [5.41, 5.74) is 2.44. The Labute approximate surface area is 108 Å². The summed E-state index contributed by atoms with van der Waals surface area (Å²) in [6, 6.07) is 14.3. The van der Waals surface area contributed by atoms with Gasteiger partial charge in [-0.3, -0.25) is 4.98 Å². The predicted molar refractivity (Wildman–Crippen MR) is 71.4 cm³/mol. The lowest BCUT2D eigenvalue weighted by molar-refractivity contribution is -0.670. The molecule has 0 atom stereocenters. The van der Waals surface area contributed by atoms with Crippen molar-refractivity contribution in [1.29, 1.82) is 0 Å². The van der Waals surface area contributed by atoms with E-state index in [0.717, 1.165) is 31.0 Å². The molecule has 0 radical (unpaired) electrons. The lowest BCUT2D eigenvalue weighted by Gasteiger charge is -2.04. The van der Waals surface area contributed by atoms with E-state index in [4.69, 9.17) is 4.74 Å². The predicted octanol–water partition coefficient (Wildman–Crippen LogP) is 1.40. The van der Waals surface area contributed by atoms with Gasteiger partial charge in [0.15, 0.2) is 0 Å². The summed E-state index contributed by atoms with van der Waals surface area (Å²) in [7, 11) is 1.70. The van der Waals surface area contributed by atoms with Crippen LogP contribution in [-0.2, 0) is 13.0 Å². The first-order chi connectivity index (χ1) is 8.88. The zero-order chi connectivity index (χ0) is 12.6. The molecule has 0 spiro atoms. The maximum Gasteiger partial charge on any atom is 0.119 e. The van der Waals surface area contributed by atoms with Crippen LogP contribution in [0.1, 0.15) is 11.3 Å². The highest BCUT2D eigenvalue weighted by Gasteiger charge is 1.99. The Kier molecular flexibility index (Phi) is 4.73. The molecule has 3 nitrogen and oxygen atoms in total. The van der Waals surface area contributed by atoms with Gasteiger partial charge in [0.05, 0.1) is 19.3 Å². The number of nitrogens with zero attached hydrogens (tertiary/aromatic N) is 1. The minimum Gasteiger partial charge on any atom is -0.497 e. The Morgan fingerprint density at radius 1 is 1.17 bits per heavy atom. The number of ether oxygens (including phenoxy) is 1. The van der Waals surface area contributed by atoms with Crippen LogP contribution in [0.4, 0.5) is 0 Å². The number of rotatable bonds is 6. The third-order valence-corrected chi connectivity index (χ3v) is 2.85. The molecule has 0 fully saturated rings. The lowest BCUT2D eigenvalue weighted by atomic mass is 10.1. The summed E-state index contributed by atoms with van der Waals surface area (Å²) in [4.78, 5) is 4.30. The maximum atomic E-state index is 5.21. The summed E-state index contributed by atoms with van der Waals surface area (Å²) in [5, 5.41) is 2.28. The molecule has 3 heteroatoms. The number of methoxy groups -OCH3 is 1. The van der Waals surface area contributed by atoms with Gasteiger partial charge in [0.1, 0.15) is 12.3 Å². The molecule has 0 aliphatic heterocycles. The molecule has 0 saturated heterocycles. The smallest absolute Gasteiger partial charge is 0.119 e. The highest BCUT2D eigenvalue weighted by atomic mass is 16.5. The molecule has 0 unspecified atom stereocenters. The molecular formula is C15H19N2O+. The van der Waals surface area contributed by atoms with Gasteiger partial charge in [-0.15, -0.1) is 0 Å². The Balaban J connectivity index is 1.75. The summed E-state index contributed by atoms with van der Waals surface area (Å²) in [6.45, 7) is 1.99. The van der Waals surface area contributed by atoms with E-state index in [1.807, 2.05) is 30.5 Å². The number of hydrogen-bond donors (Lipinski definition) is 1. The fourth-order valence-corrected chi connectivity index (χ4v) is 1.87. The maximum absolute atomic E-state index is 5.21. The molecule has 1 heterocycles. The van der Waals surface area contributed by atoms with E-state index in [-0.39, 0.29) is 0 Å². The second-order valence-electron chi connectivity index (χ2n) is 4.20. The normalized spacial score (nSPS) is 10.3. The third-order valence-electron chi connectivity index (χ3n) is 2.85. The van der Waals surface area contributed by atoms with E-state index in [0.29, 0.717) is 0 Å². The Hall–Kier alpha value is -1.87. The van der Waals surface area contributed by atoms with Crippen LogP contribution in [-0.4, -0.2) is 18.6 Å². The van der Waals surface area contributed by atoms with Gasteiger partial charge in [-0.2, -0.15) is 0 Å². The largest absolute Gasteiger partial charge is 0.497 e. The Morgan fingerprint density at radius 2 is 2.11 bits per heavy atom. The van der Waals surface area contributed by atoms with Crippen molar-refractivity contribution in [3.63, 3.8) is 0 Å². The zero-order valence-electron chi connectivity index (χ0n) is 10.7. The zero-order valence-corrected chi connectivity index (χ0v) is 10.7. The van der Waals surface area contributed by atoms with Gasteiger partial charge in [-0.1, -0.05) is 18.2 Å². The molecule has 0 aliphatic carbocycles. The molecular weight excluding hydrogens is 224 g/mol. The quantitative estimate of drug-likeness (QED) is 0.779. The van der Waals surface area contributed by atoms with Crippen LogP contribution in [0.5, 0.6) is 5.75 Å². The van der Waals surface area contributed by atoms with Gasteiger partial charge >= 0.3 is 0 Å². The molecule has 0 aliphatic rings. The minimum atomic E-state index is 0.928. The summed E-state index contributed by atoms with van der Waals surface area (Å²) >= 11 is 0. The van der Waals surface area contributed by atoms with Crippen molar-refractivity contribution in [2.75, 3.05) is 13.7 Å². The molecule has 2 rings (SSSR count). The van der Waals surface area contributed by atoms with E-state index in [2.05, 4.69) is 28.5 Å². The van der Waals surface area contributed by atoms with Crippen molar-refractivity contribution < 1.29 is 10.1 Å². The summed E-state index contributed by atoms with van der Waals surface area (Å²) in [5.74, 6) is 0.928. The van der Waals surface area contributed by atoms with E-state index >= 15 is 0 Å². The Morgan fingerprint density at radius 3 is 2.89 bits per heavy atom. The first kappa shape index (κ1) is 12.6. The monoisotopic (exact) mass is 243 g/mol. The lowest BCUT2D eigenvalue weighted by Crippen LogP contribution is -2.83. The number of benzene rings is 1. The van der Waals surface area contributed by atoms with Crippen molar-refractivity contribution in [2.24, 2.45) is 0 Å². The SMILES string of the molecule is COc1cccc(CC[NH2+]Cc2ccccn2)c1. The average Bonchev–Trinajstić information content (AvgIpc) is 2.45. The molecule has 18 heavy (non-hydrogen) atoms. The number of aromatic nitrogens is 1. The van der Waals surface area contributed by atoms with Crippen molar-refractivity contribution in [1.82, 2.24) is 4.98 Å². The van der Waals surface area contributed by atoms with E-state index < -0.39 is 0 Å². The second kappa shape index (κ2) is 6.77. The van der Waals surface area contributed by atoms with Crippen molar-refractivity contribution >= 4 is 0 Å². The number of hydrogen-bond acceptors (Lipinski definition) is 2. The molecule has 0 bridgehead atoms. The van der Waals surface area contributed by atoms with Gasteiger partial charge < -0.3 is 10.1 Å². The molecule has 2 aromatic rings. The number of pyridine rings is 1. The van der Waals surface area contributed by atoms with Crippen LogP contribution in [0.2, 0.25) is 0 Å². The van der Waals surface area contributed by atoms with Crippen LogP contribution < -0.4 is 10.1 Å². The van der Waals surface area contributed by atoms with Gasteiger partial charge in [-0.05, 0) is 29.8 Å².